The van der Waals surface area contributed by atoms with Gasteiger partial charge in [-0.25, -0.2) is 9.37 Å². The van der Waals surface area contributed by atoms with Crippen molar-refractivity contribution < 1.29 is 18.7 Å². The predicted molar refractivity (Wildman–Crippen MR) is 129 cm³/mol. The lowest BCUT2D eigenvalue weighted by Gasteiger charge is -2.18. The molecular formula is C27H28FN3O3. The number of nitrogens with one attached hydrogen (secondary N) is 1. The van der Waals surface area contributed by atoms with Crippen LogP contribution in [0.25, 0.3) is 5.65 Å². The lowest BCUT2D eigenvalue weighted by atomic mass is 9.92. The van der Waals surface area contributed by atoms with Crippen LogP contribution in [0.1, 0.15) is 34.7 Å². The van der Waals surface area contributed by atoms with Gasteiger partial charge in [-0.2, -0.15) is 0 Å². The minimum absolute atomic E-state index is 0.114. The van der Waals surface area contributed by atoms with Crippen LogP contribution in [0.5, 0.6) is 11.5 Å². The van der Waals surface area contributed by atoms with Crippen molar-refractivity contribution in [3.63, 3.8) is 0 Å². The molecule has 34 heavy (non-hydrogen) atoms. The number of methoxy groups -OCH3 is 2. The Labute approximate surface area is 198 Å². The second-order valence-electron chi connectivity index (χ2n) is 8.17. The highest BCUT2D eigenvalue weighted by molar-refractivity contribution is 5.77. The zero-order chi connectivity index (χ0) is 24.1. The summed E-state index contributed by atoms with van der Waals surface area (Å²) in [6.45, 7) is 2.46. The highest BCUT2D eigenvalue weighted by Crippen LogP contribution is 2.30. The maximum Gasteiger partial charge on any atom is 0.221 e. The molecule has 0 saturated heterocycles. The average Bonchev–Trinajstić information content (AvgIpc) is 3.27. The van der Waals surface area contributed by atoms with Crippen molar-refractivity contribution in [2.24, 2.45) is 0 Å². The summed E-state index contributed by atoms with van der Waals surface area (Å²) in [5, 5.41) is 3.00. The summed E-state index contributed by atoms with van der Waals surface area (Å²) in [5.41, 5.74) is 4.47. The van der Waals surface area contributed by atoms with E-state index in [2.05, 4.69) is 10.3 Å². The Kier molecular flexibility index (Phi) is 7.11. The average molecular weight is 462 g/mol. The van der Waals surface area contributed by atoms with Crippen LogP contribution < -0.4 is 14.8 Å². The summed E-state index contributed by atoms with van der Waals surface area (Å²) in [6.07, 6.45) is 4.52. The van der Waals surface area contributed by atoms with Crippen LogP contribution in [0.15, 0.2) is 67.0 Å². The van der Waals surface area contributed by atoms with Crippen LogP contribution in [-0.2, 0) is 11.2 Å². The smallest absolute Gasteiger partial charge is 0.221 e. The first-order valence-electron chi connectivity index (χ1n) is 11.2. The molecule has 0 aliphatic carbocycles. The molecule has 7 heteroatoms. The second-order valence-corrected chi connectivity index (χ2v) is 8.17. The molecule has 0 bridgehead atoms. The van der Waals surface area contributed by atoms with E-state index in [0.717, 1.165) is 28.0 Å². The van der Waals surface area contributed by atoms with E-state index in [-0.39, 0.29) is 24.1 Å². The molecule has 2 heterocycles. The summed E-state index contributed by atoms with van der Waals surface area (Å²) in [4.78, 5) is 17.5. The minimum atomic E-state index is -0.339. The van der Waals surface area contributed by atoms with Crippen molar-refractivity contribution in [3.8, 4) is 11.5 Å². The standard InChI is InChI=1S/C27H28FN3O3/c1-18-6-5-13-31-23(17-30-27(18)31)22(20-7-4-8-21(28)15-20)16-26(32)29-12-11-19-9-10-24(33-2)25(14-19)34-3/h4-10,13-15,17,22H,11-12,16H2,1-3H3,(H,29,32). The number of halogens is 1. The fourth-order valence-corrected chi connectivity index (χ4v) is 4.18. The van der Waals surface area contributed by atoms with Gasteiger partial charge in [-0.3, -0.25) is 4.79 Å². The first-order valence-corrected chi connectivity index (χ1v) is 11.2. The van der Waals surface area contributed by atoms with Gasteiger partial charge in [-0.15, -0.1) is 0 Å². The molecule has 176 valence electrons. The van der Waals surface area contributed by atoms with Crippen LogP contribution in [-0.4, -0.2) is 36.1 Å². The molecule has 0 radical (unpaired) electrons. The number of aryl methyl sites for hydroxylation is 1. The number of rotatable bonds is 9. The molecule has 0 saturated carbocycles. The van der Waals surface area contributed by atoms with E-state index >= 15 is 0 Å². The Bertz CT molecular complexity index is 1300. The molecule has 0 aliphatic rings. The van der Waals surface area contributed by atoms with Gasteiger partial charge in [0.1, 0.15) is 11.5 Å². The van der Waals surface area contributed by atoms with Crippen molar-refractivity contribution in [3.05, 3.63) is 95.2 Å². The molecule has 6 nitrogen and oxygen atoms in total. The summed E-state index contributed by atoms with van der Waals surface area (Å²) < 4.78 is 26.6. The number of benzene rings is 2. The zero-order valence-corrected chi connectivity index (χ0v) is 19.5. The first kappa shape index (κ1) is 23.3. The van der Waals surface area contributed by atoms with Gasteiger partial charge in [-0.1, -0.05) is 24.3 Å². The van der Waals surface area contributed by atoms with Crippen LogP contribution in [0.3, 0.4) is 0 Å². The second kappa shape index (κ2) is 10.4. The Hall–Kier alpha value is -3.87. The minimum Gasteiger partial charge on any atom is -0.493 e. The number of amides is 1. The van der Waals surface area contributed by atoms with Crippen molar-refractivity contribution in [2.45, 2.75) is 25.7 Å². The Morgan fingerprint density at radius 3 is 2.68 bits per heavy atom. The van der Waals surface area contributed by atoms with Gasteiger partial charge in [0, 0.05) is 31.3 Å². The third-order valence-corrected chi connectivity index (χ3v) is 5.94. The third kappa shape index (κ3) is 5.03. The van der Waals surface area contributed by atoms with Gasteiger partial charge in [0.2, 0.25) is 5.91 Å². The van der Waals surface area contributed by atoms with Gasteiger partial charge in [-0.05, 0) is 60.4 Å². The van der Waals surface area contributed by atoms with E-state index in [1.165, 1.54) is 12.1 Å². The van der Waals surface area contributed by atoms with E-state index in [4.69, 9.17) is 9.47 Å². The zero-order valence-electron chi connectivity index (χ0n) is 19.5. The van der Waals surface area contributed by atoms with Gasteiger partial charge < -0.3 is 19.2 Å². The summed E-state index contributed by atoms with van der Waals surface area (Å²) in [6, 6.07) is 16.0. The number of carbonyl (C=O) groups is 1. The fourth-order valence-electron chi connectivity index (χ4n) is 4.18. The van der Waals surface area contributed by atoms with Gasteiger partial charge in [0.05, 0.1) is 19.9 Å². The van der Waals surface area contributed by atoms with Crippen LogP contribution >= 0.6 is 0 Å². The normalized spacial score (nSPS) is 11.9. The molecule has 0 aliphatic heterocycles. The maximum atomic E-state index is 14.0. The Morgan fingerprint density at radius 2 is 1.91 bits per heavy atom. The molecular weight excluding hydrogens is 433 g/mol. The number of hydrogen-bond acceptors (Lipinski definition) is 4. The van der Waals surface area contributed by atoms with Crippen LogP contribution in [0.2, 0.25) is 0 Å². The van der Waals surface area contributed by atoms with Crippen molar-refractivity contribution in [1.29, 1.82) is 0 Å². The molecule has 1 atom stereocenters. The molecule has 2 aromatic heterocycles. The Morgan fingerprint density at radius 1 is 1.09 bits per heavy atom. The molecule has 1 N–H and O–H groups in total. The van der Waals surface area contributed by atoms with Gasteiger partial charge in [0.15, 0.2) is 11.5 Å². The van der Waals surface area contributed by atoms with Crippen molar-refractivity contribution >= 4 is 11.6 Å². The topological polar surface area (TPSA) is 64.9 Å². The van der Waals surface area contributed by atoms with Gasteiger partial charge in [0.25, 0.3) is 0 Å². The first-order chi connectivity index (χ1) is 16.5. The number of pyridine rings is 1. The number of carbonyl (C=O) groups excluding carboxylic acids is 1. The highest BCUT2D eigenvalue weighted by Gasteiger charge is 2.22. The number of aromatic nitrogens is 2. The van der Waals surface area contributed by atoms with E-state index < -0.39 is 0 Å². The molecule has 4 rings (SSSR count). The van der Waals surface area contributed by atoms with E-state index in [0.29, 0.717) is 24.5 Å². The number of hydrogen-bond donors (Lipinski definition) is 1. The number of ether oxygens (including phenoxy) is 2. The molecule has 0 spiro atoms. The number of imidazole rings is 1. The lowest BCUT2D eigenvalue weighted by molar-refractivity contribution is -0.121. The van der Waals surface area contributed by atoms with E-state index in [9.17, 15) is 9.18 Å². The number of nitrogens with zero attached hydrogens (tertiary/aromatic N) is 2. The Balaban J connectivity index is 1.50. The molecule has 0 fully saturated rings. The molecule has 1 unspecified atom stereocenters. The maximum absolute atomic E-state index is 14.0. The van der Waals surface area contributed by atoms with E-state index in [1.54, 1.807) is 26.5 Å². The lowest BCUT2D eigenvalue weighted by Crippen LogP contribution is -2.27. The van der Waals surface area contributed by atoms with Crippen molar-refractivity contribution in [2.75, 3.05) is 20.8 Å². The monoisotopic (exact) mass is 461 g/mol. The van der Waals surface area contributed by atoms with Crippen LogP contribution in [0.4, 0.5) is 4.39 Å². The van der Waals surface area contributed by atoms with Crippen molar-refractivity contribution in [1.82, 2.24) is 14.7 Å². The summed E-state index contributed by atoms with van der Waals surface area (Å²) in [7, 11) is 3.19. The number of fused-ring (bicyclic) bond motifs is 1. The molecule has 4 aromatic rings. The fraction of sp³-hybridized carbons (Fsp3) is 0.259. The predicted octanol–water partition coefficient (Wildman–Crippen LogP) is 4.68. The molecule has 2 aromatic carbocycles. The van der Waals surface area contributed by atoms with E-state index in [1.807, 2.05) is 53.9 Å². The quantitative estimate of drug-likeness (QED) is 0.393. The summed E-state index contributed by atoms with van der Waals surface area (Å²) in [5.74, 6) is 0.532. The SMILES string of the molecule is COc1ccc(CCNC(=O)CC(c2cccc(F)c2)c2cnc3c(C)cccn23)cc1OC. The van der Waals surface area contributed by atoms with Gasteiger partial charge >= 0.3 is 0 Å². The molecule has 1 amide bonds. The van der Waals surface area contributed by atoms with Crippen LogP contribution in [0, 0.1) is 12.7 Å². The third-order valence-electron chi connectivity index (χ3n) is 5.94. The highest BCUT2D eigenvalue weighted by atomic mass is 19.1. The largest absolute Gasteiger partial charge is 0.493 e. The summed E-state index contributed by atoms with van der Waals surface area (Å²) >= 11 is 0.